The van der Waals surface area contributed by atoms with Crippen molar-refractivity contribution in [2.24, 2.45) is 0 Å². The Morgan fingerprint density at radius 2 is 2.11 bits per heavy atom. The highest BCUT2D eigenvalue weighted by Crippen LogP contribution is 2.32. The molecule has 0 aromatic carbocycles. The van der Waals surface area contributed by atoms with E-state index in [0.717, 1.165) is 11.6 Å². The van der Waals surface area contributed by atoms with E-state index in [2.05, 4.69) is 41.8 Å². The molecule has 19 heavy (non-hydrogen) atoms. The SMILES string of the molecule is CCCCCC(C)Nc1nc(C)cn1C1CCCC1. The highest BCUT2D eigenvalue weighted by Gasteiger charge is 2.20. The number of hydrogen-bond donors (Lipinski definition) is 1. The van der Waals surface area contributed by atoms with E-state index in [1.807, 2.05) is 0 Å². The van der Waals surface area contributed by atoms with Crippen molar-refractivity contribution in [1.29, 1.82) is 0 Å². The Morgan fingerprint density at radius 3 is 2.79 bits per heavy atom. The molecule has 0 aliphatic heterocycles. The minimum atomic E-state index is 0.522. The fraction of sp³-hybridized carbons (Fsp3) is 0.812. The van der Waals surface area contributed by atoms with Gasteiger partial charge in [0.2, 0.25) is 5.95 Å². The van der Waals surface area contributed by atoms with Gasteiger partial charge in [-0.2, -0.15) is 0 Å². The number of rotatable bonds is 7. The van der Waals surface area contributed by atoms with E-state index in [1.165, 1.54) is 51.4 Å². The van der Waals surface area contributed by atoms with Crippen LogP contribution in [0.3, 0.4) is 0 Å². The van der Waals surface area contributed by atoms with Crippen LogP contribution in [0.1, 0.15) is 76.9 Å². The molecule has 3 heteroatoms. The lowest BCUT2D eigenvalue weighted by atomic mass is 10.1. The lowest BCUT2D eigenvalue weighted by Crippen LogP contribution is -2.19. The molecule has 1 atom stereocenters. The maximum absolute atomic E-state index is 4.68. The second-order valence-electron chi connectivity index (χ2n) is 6.09. The lowest BCUT2D eigenvalue weighted by Gasteiger charge is -2.19. The lowest BCUT2D eigenvalue weighted by molar-refractivity contribution is 0.517. The Morgan fingerprint density at radius 1 is 1.37 bits per heavy atom. The van der Waals surface area contributed by atoms with E-state index in [9.17, 15) is 0 Å². The number of anilines is 1. The topological polar surface area (TPSA) is 29.9 Å². The number of nitrogens with one attached hydrogen (secondary N) is 1. The number of imidazole rings is 1. The quantitative estimate of drug-likeness (QED) is 0.723. The zero-order valence-electron chi connectivity index (χ0n) is 12.8. The Hall–Kier alpha value is -0.990. The average Bonchev–Trinajstić information content (AvgIpc) is 2.99. The summed E-state index contributed by atoms with van der Waals surface area (Å²) >= 11 is 0. The summed E-state index contributed by atoms with van der Waals surface area (Å²) in [6.07, 6.45) is 12.8. The van der Waals surface area contributed by atoms with E-state index in [4.69, 9.17) is 0 Å². The van der Waals surface area contributed by atoms with Gasteiger partial charge in [0, 0.05) is 18.3 Å². The zero-order chi connectivity index (χ0) is 13.7. The van der Waals surface area contributed by atoms with Crippen LogP contribution >= 0.6 is 0 Å². The Kier molecular flexibility index (Phi) is 5.29. The van der Waals surface area contributed by atoms with Crippen molar-refractivity contribution >= 4 is 5.95 Å². The highest BCUT2D eigenvalue weighted by molar-refractivity contribution is 5.31. The van der Waals surface area contributed by atoms with Gasteiger partial charge in [0.1, 0.15) is 0 Å². The van der Waals surface area contributed by atoms with E-state index < -0.39 is 0 Å². The first-order valence-corrected chi connectivity index (χ1v) is 8.02. The summed E-state index contributed by atoms with van der Waals surface area (Å²) < 4.78 is 2.39. The van der Waals surface area contributed by atoms with Crippen molar-refractivity contribution in [1.82, 2.24) is 9.55 Å². The zero-order valence-corrected chi connectivity index (χ0v) is 12.8. The number of unbranched alkanes of at least 4 members (excludes halogenated alkanes) is 2. The fourth-order valence-corrected chi connectivity index (χ4v) is 3.08. The molecule has 0 spiro atoms. The molecule has 0 radical (unpaired) electrons. The van der Waals surface area contributed by atoms with Gasteiger partial charge < -0.3 is 9.88 Å². The van der Waals surface area contributed by atoms with Gasteiger partial charge in [-0.05, 0) is 33.1 Å². The number of hydrogen-bond acceptors (Lipinski definition) is 2. The average molecular weight is 263 g/mol. The van der Waals surface area contributed by atoms with Crippen molar-refractivity contribution < 1.29 is 0 Å². The molecule has 1 aromatic heterocycles. The molecular formula is C16H29N3. The van der Waals surface area contributed by atoms with Crippen LogP contribution in [-0.2, 0) is 0 Å². The summed E-state index contributed by atoms with van der Waals surface area (Å²) in [6.45, 7) is 6.63. The maximum atomic E-state index is 4.68. The van der Waals surface area contributed by atoms with Crippen molar-refractivity contribution in [2.45, 2.75) is 84.2 Å². The molecule has 1 N–H and O–H groups in total. The molecule has 2 rings (SSSR count). The van der Waals surface area contributed by atoms with Crippen molar-refractivity contribution in [2.75, 3.05) is 5.32 Å². The number of aryl methyl sites for hydroxylation is 1. The van der Waals surface area contributed by atoms with Crippen LogP contribution in [0.5, 0.6) is 0 Å². The Bertz CT molecular complexity index is 377. The molecule has 1 aliphatic rings. The summed E-state index contributed by atoms with van der Waals surface area (Å²) in [7, 11) is 0. The molecule has 0 saturated heterocycles. The van der Waals surface area contributed by atoms with Crippen molar-refractivity contribution in [3.8, 4) is 0 Å². The van der Waals surface area contributed by atoms with Crippen LogP contribution in [0.25, 0.3) is 0 Å². The first kappa shape index (κ1) is 14.4. The van der Waals surface area contributed by atoms with Crippen LogP contribution < -0.4 is 5.32 Å². The third-order valence-electron chi connectivity index (χ3n) is 4.19. The summed E-state index contributed by atoms with van der Waals surface area (Å²) in [5.74, 6) is 1.09. The van der Waals surface area contributed by atoms with Crippen molar-refractivity contribution in [3.05, 3.63) is 11.9 Å². The minimum absolute atomic E-state index is 0.522. The van der Waals surface area contributed by atoms with Gasteiger partial charge in [-0.1, -0.05) is 39.0 Å². The number of aromatic nitrogens is 2. The second-order valence-corrected chi connectivity index (χ2v) is 6.09. The van der Waals surface area contributed by atoms with Crippen LogP contribution in [0.15, 0.2) is 6.20 Å². The normalized spacial score (nSPS) is 17.8. The predicted molar refractivity (Wildman–Crippen MR) is 81.7 cm³/mol. The fourth-order valence-electron chi connectivity index (χ4n) is 3.08. The van der Waals surface area contributed by atoms with Gasteiger partial charge in [0.05, 0.1) is 5.69 Å². The predicted octanol–water partition coefficient (Wildman–Crippen LogP) is 4.69. The molecule has 0 amide bonds. The van der Waals surface area contributed by atoms with Crippen LogP contribution in [0.4, 0.5) is 5.95 Å². The molecular weight excluding hydrogens is 234 g/mol. The van der Waals surface area contributed by atoms with E-state index in [-0.39, 0.29) is 0 Å². The highest BCUT2D eigenvalue weighted by atomic mass is 15.2. The van der Waals surface area contributed by atoms with Gasteiger partial charge in [-0.3, -0.25) is 0 Å². The van der Waals surface area contributed by atoms with Gasteiger partial charge in [0.15, 0.2) is 0 Å². The van der Waals surface area contributed by atoms with Gasteiger partial charge in [-0.15, -0.1) is 0 Å². The third-order valence-corrected chi connectivity index (χ3v) is 4.19. The molecule has 1 unspecified atom stereocenters. The summed E-state index contributed by atoms with van der Waals surface area (Å²) in [5, 5.41) is 3.62. The van der Waals surface area contributed by atoms with E-state index in [0.29, 0.717) is 12.1 Å². The maximum Gasteiger partial charge on any atom is 0.203 e. The second kappa shape index (κ2) is 6.97. The monoisotopic (exact) mass is 263 g/mol. The Balaban J connectivity index is 1.95. The van der Waals surface area contributed by atoms with E-state index >= 15 is 0 Å². The Labute approximate surface area is 117 Å². The van der Waals surface area contributed by atoms with Gasteiger partial charge >= 0.3 is 0 Å². The van der Waals surface area contributed by atoms with Crippen LogP contribution in [-0.4, -0.2) is 15.6 Å². The molecule has 1 saturated carbocycles. The van der Waals surface area contributed by atoms with Crippen LogP contribution in [0, 0.1) is 6.92 Å². The summed E-state index contributed by atoms with van der Waals surface area (Å²) in [6, 6.07) is 1.19. The minimum Gasteiger partial charge on any atom is -0.353 e. The first-order chi connectivity index (χ1) is 9.20. The molecule has 1 heterocycles. The van der Waals surface area contributed by atoms with Crippen molar-refractivity contribution in [3.63, 3.8) is 0 Å². The van der Waals surface area contributed by atoms with E-state index in [1.54, 1.807) is 0 Å². The summed E-state index contributed by atoms with van der Waals surface area (Å²) in [5.41, 5.74) is 1.13. The standard InChI is InChI=1S/C16H29N3/c1-4-5-6-9-13(2)17-16-18-14(3)12-19(16)15-10-7-8-11-15/h12-13,15H,4-11H2,1-3H3,(H,17,18). The molecule has 1 aromatic rings. The van der Waals surface area contributed by atoms with Gasteiger partial charge in [0.25, 0.3) is 0 Å². The molecule has 0 bridgehead atoms. The molecule has 1 aliphatic carbocycles. The number of nitrogens with zero attached hydrogens (tertiary/aromatic N) is 2. The first-order valence-electron chi connectivity index (χ1n) is 8.02. The molecule has 1 fully saturated rings. The third kappa shape index (κ3) is 3.99. The van der Waals surface area contributed by atoms with Gasteiger partial charge in [-0.25, -0.2) is 4.98 Å². The molecule has 3 nitrogen and oxygen atoms in total. The summed E-state index contributed by atoms with van der Waals surface area (Å²) in [4.78, 5) is 4.68. The molecule has 108 valence electrons. The van der Waals surface area contributed by atoms with Crippen LogP contribution in [0.2, 0.25) is 0 Å². The largest absolute Gasteiger partial charge is 0.353 e. The smallest absolute Gasteiger partial charge is 0.203 e.